The van der Waals surface area contributed by atoms with Crippen LogP contribution in [-0.4, -0.2) is 46.0 Å². The number of sulfone groups is 1. The SMILES string of the molecule is C/C=C/COc1cc(C)c(OCCCCS(=O)(=O)C/C(Cc2ccccc2)=N/OC)c(C)c1. The van der Waals surface area contributed by atoms with Crippen molar-refractivity contribution in [1.29, 1.82) is 0 Å². The molecule has 2 aromatic carbocycles. The van der Waals surface area contributed by atoms with Crippen LogP contribution in [0.2, 0.25) is 0 Å². The van der Waals surface area contributed by atoms with Gasteiger partial charge in [0.05, 0.1) is 23.8 Å². The first kappa shape index (κ1) is 26.5. The summed E-state index contributed by atoms with van der Waals surface area (Å²) >= 11 is 0. The molecular weight excluding hydrogens is 438 g/mol. The molecule has 0 saturated heterocycles. The summed E-state index contributed by atoms with van der Waals surface area (Å²) < 4.78 is 36.8. The lowest BCUT2D eigenvalue weighted by Gasteiger charge is -2.14. The minimum absolute atomic E-state index is 0.0869. The lowest BCUT2D eigenvalue weighted by atomic mass is 10.1. The molecule has 0 heterocycles. The third kappa shape index (κ3) is 9.70. The van der Waals surface area contributed by atoms with Gasteiger partial charge in [-0.3, -0.25) is 0 Å². The lowest BCUT2D eigenvalue weighted by molar-refractivity contribution is 0.212. The molecule has 2 rings (SSSR count). The zero-order chi connectivity index (χ0) is 24.1. The Hall–Kier alpha value is -2.80. The van der Waals surface area contributed by atoms with E-state index < -0.39 is 9.84 Å². The standard InChI is InChI=1S/C26H35NO5S/c1-5-6-14-31-25-17-21(2)26(22(3)18-25)32-15-10-11-16-33(28,29)20-24(27-30-4)19-23-12-8-7-9-13-23/h5-9,12-13,17-18H,10-11,14-16,19-20H2,1-4H3/b6-5+,27-24+. The van der Waals surface area contributed by atoms with Gasteiger partial charge in [-0.2, -0.15) is 0 Å². The van der Waals surface area contributed by atoms with Crippen molar-refractivity contribution >= 4 is 15.5 Å². The Kier molecular flexibility index (Phi) is 11.0. The fourth-order valence-corrected chi connectivity index (χ4v) is 4.91. The van der Waals surface area contributed by atoms with Crippen LogP contribution in [-0.2, 0) is 21.1 Å². The summed E-state index contributed by atoms with van der Waals surface area (Å²) in [6.45, 7) is 6.92. The molecule has 7 heteroatoms. The van der Waals surface area contributed by atoms with Crippen LogP contribution in [0.15, 0.2) is 59.8 Å². The summed E-state index contributed by atoms with van der Waals surface area (Å²) in [7, 11) is -1.86. The number of nitrogens with zero attached hydrogens (tertiary/aromatic N) is 1. The van der Waals surface area contributed by atoms with Gasteiger partial charge in [-0.05, 0) is 62.4 Å². The van der Waals surface area contributed by atoms with E-state index in [0.717, 1.165) is 28.2 Å². The molecule has 0 aliphatic rings. The molecule has 2 aromatic rings. The molecule has 0 fully saturated rings. The third-order valence-corrected chi connectivity index (χ3v) is 6.65. The van der Waals surface area contributed by atoms with Gasteiger partial charge in [-0.15, -0.1) is 0 Å². The van der Waals surface area contributed by atoms with Gasteiger partial charge in [-0.1, -0.05) is 47.6 Å². The molecule has 0 atom stereocenters. The number of allylic oxidation sites excluding steroid dienone is 1. The fourth-order valence-electron chi connectivity index (χ4n) is 3.46. The number of ether oxygens (including phenoxy) is 2. The van der Waals surface area contributed by atoms with Gasteiger partial charge in [0.2, 0.25) is 0 Å². The minimum Gasteiger partial charge on any atom is -0.493 e. The third-order valence-electron chi connectivity index (χ3n) is 4.97. The van der Waals surface area contributed by atoms with E-state index in [1.165, 1.54) is 7.11 Å². The Morgan fingerprint density at radius 2 is 1.73 bits per heavy atom. The van der Waals surface area contributed by atoms with Gasteiger partial charge in [0.15, 0.2) is 9.84 Å². The summed E-state index contributed by atoms with van der Waals surface area (Å²) in [5.74, 6) is 1.62. The van der Waals surface area contributed by atoms with Crippen LogP contribution >= 0.6 is 0 Å². The molecule has 0 spiro atoms. The van der Waals surface area contributed by atoms with Gasteiger partial charge < -0.3 is 14.3 Å². The van der Waals surface area contributed by atoms with E-state index in [1.54, 1.807) is 0 Å². The monoisotopic (exact) mass is 473 g/mol. The van der Waals surface area contributed by atoms with Crippen LogP contribution in [0.5, 0.6) is 11.5 Å². The average Bonchev–Trinajstić information content (AvgIpc) is 2.76. The van der Waals surface area contributed by atoms with Crippen molar-refractivity contribution in [2.24, 2.45) is 5.16 Å². The Morgan fingerprint density at radius 1 is 1.03 bits per heavy atom. The molecule has 0 aromatic heterocycles. The average molecular weight is 474 g/mol. The molecule has 0 aliphatic carbocycles. The van der Waals surface area contributed by atoms with Crippen molar-refractivity contribution in [2.75, 3.05) is 31.8 Å². The number of hydrogen-bond acceptors (Lipinski definition) is 6. The second kappa shape index (κ2) is 13.7. The molecular formula is C26H35NO5S. The van der Waals surface area contributed by atoms with Crippen LogP contribution in [0.25, 0.3) is 0 Å². The van der Waals surface area contributed by atoms with Gasteiger partial charge in [0.1, 0.15) is 25.2 Å². The summed E-state index contributed by atoms with van der Waals surface area (Å²) in [6.07, 6.45) is 5.52. The topological polar surface area (TPSA) is 74.2 Å². The number of rotatable bonds is 14. The number of benzene rings is 2. The number of oxime groups is 1. The highest BCUT2D eigenvalue weighted by molar-refractivity contribution is 7.92. The smallest absolute Gasteiger partial charge is 0.155 e. The van der Waals surface area contributed by atoms with Gasteiger partial charge in [0.25, 0.3) is 0 Å². The highest BCUT2D eigenvalue weighted by Gasteiger charge is 2.16. The van der Waals surface area contributed by atoms with Crippen molar-refractivity contribution < 1.29 is 22.7 Å². The summed E-state index contributed by atoms with van der Waals surface area (Å²) in [5, 5.41) is 3.94. The van der Waals surface area contributed by atoms with Crippen molar-refractivity contribution in [3.8, 4) is 11.5 Å². The second-order valence-corrected chi connectivity index (χ2v) is 10.1. The van der Waals surface area contributed by atoms with Gasteiger partial charge in [0, 0.05) is 6.42 Å². The van der Waals surface area contributed by atoms with Crippen molar-refractivity contribution in [3.05, 3.63) is 71.3 Å². The quantitative estimate of drug-likeness (QED) is 0.166. The predicted molar refractivity (Wildman–Crippen MR) is 134 cm³/mol. The van der Waals surface area contributed by atoms with E-state index in [4.69, 9.17) is 14.3 Å². The second-order valence-electron chi connectivity index (χ2n) is 7.92. The van der Waals surface area contributed by atoms with Crippen LogP contribution in [0, 0.1) is 13.8 Å². The lowest BCUT2D eigenvalue weighted by Crippen LogP contribution is -2.21. The van der Waals surface area contributed by atoms with E-state index in [2.05, 4.69) is 5.16 Å². The van der Waals surface area contributed by atoms with Crippen LogP contribution in [0.1, 0.15) is 36.5 Å². The van der Waals surface area contributed by atoms with Crippen LogP contribution in [0.3, 0.4) is 0 Å². The summed E-state index contributed by atoms with van der Waals surface area (Å²) in [4.78, 5) is 4.86. The van der Waals surface area contributed by atoms with Crippen molar-refractivity contribution in [1.82, 2.24) is 0 Å². The molecule has 0 amide bonds. The zero-order valence-electron chi connectivity index (χ0n) is 20.0. The first-order valence-corrected chi connectivity index (χ1v) is 13.0. The number of hydrogen-bond donors (Lipinski definition) is 0. The van der Waals surface area contributed by atoms with Crippen molar-refractivity contribution in [3.63, 3.8) is 0 Å². The van der Waals surface area contributed by atoms with Crippen LogP contribution in [0.4, 0.5) is 0 Å². The summed E-state index contributed by atoms with van der Waals surface area (Å²) in [5.41, 5.74) is 3.50. The molecule has 180 valence electrons. The Bertz CT molecular complexity index is 1010. The first-order valence-electron chi connectivity index (χ1n) is 11.2. The molecule has 0 N–H and O–H groups in total. The number of unbranched alkanes of at least 4 members (excludes halogenated alkanes) is 1. The maximum absolute atomic E-state index is 12.6. The van der Waals surface area contributed by atoms with E-state index >= 15 is 0 Å². The maximum atomic E-state index is 12.6. The highest BCUT2D eigenvalue weighted by Crippen LogP contribution is 2.28. The predicted octanol–water partition coefficient (Wildman–Crippen LogP) is 5.08. The normalized spacial score (nSPS) is 12.2. The van der Waals surface area contributed by atoms with E-state index in [9.17, 15) is 8.42 Å². The zero-order valence-corrected chi connectivity index (χ0v) is 20.9. The Labute approximate surface area is 198 Å². The highest BCUT2D eigenvalue weighted by atomic mass is 32.2. The molecule has 33 heavy (non-hydrogen) atoms. The Balaban J connectivity index is 1.81. The Morgan fingerprint density at radius 3 is 2.36 bits per heavy atom. The maximum Gasteiger partial charge on any atom is 0.155 e. The molecule has 0 bridgehead atoms. The largest absolute Gasteiger partial charge is 0.493 e. The number of aryl methyl sites for hydroxylation is 2. The van der Waals surface area contributed by atoms with E-state index in [1.807, 2.05) is 75.4 Å². The van der Waals surface area contributed by atoms with E-state index in [0.29, 0.717) is 38.2 Å². The molecule has 0 radical (unpaired) electrons. The minimum atomic E-state index is -3.29. The summed E-state index contributed by atoms with van der Waals surface area (Å²) in [6, 6.07) is 13.6. The van der Waals surface area contributed by atoms with Gasteiger partial charge >= 0.3 is 0 Å². The van der Waals surface area contributed by atoms with E-state index in [-0.39, 0.29) is 11.5 Å². The van der Waals surface area contributed by atoms with Crippen LogP contribution < -0.4 is 9.47 Å². The van der Waals surface area contributed by atoms with Gasteiger partial charge in [-0.25, -0.2) is 8.42 Å². The fraction of sp³-hybridized carbons (Fsp3) is 0.423. The molecule has 0 unspecified atom stereocenters. The van der Waals surface area contributed by atoms with Crippen molar-refractivity contribution in [2.45, 2.75) is 40.0 Å². The molecule has 0 aliphatic heterocycles. The molecule has 0 saturated carbocycles. The molecule has 6 nitrogen and oxygen atoms in total. The first-order chi connectivity index (χ1) is 15.8.